The highest BCUT2D eigenvalue weighted by atomic mass is 15.3. The molecule has 92 valence electrons. The summed E-state index contributed by atoms with van der Waals surface area (Å²) in [6.45, 7) is 5.20. The van der Waals surface area contributed by atoms with E-state index in [0.29, 0.717) is 17.5 Å². The Labute approximate surface area is 99.2 Å². The third kappa shape index (κ3) is 2.44. The number of hydrogen-bond donors (Lipinski definition) is 4. The molecule has 0 aliphatic heterocycles. The number of nitrogens with one attached hydrogen (secondary N) is 3. The molecular weight excluding hydrogens is 218 g/mol. The van der Waals surface area contributed by atoms with E-state index in [-0.39, 0.29) is 0 Å². The second-order valence-corrected chi connectivity index (χ2v) is 4.07. The third-order valence-corrected chi connectivity index (χ3v) is 2.75. The highest BCUT2D eigenvalue weighted by molar-refractivity contribution is 5.86. The molecule has 2 aromatic heterocycles. The summed E-state index contributed by atoms with van der Waals surface area (Å²) >= 11 is 0. The number of hydrogen-bond acceptors (Lipinski definition) is 6. The van der Waals surface area contributed by atoms with Crippen LogP contribution in [-0.2, 0) is 0 Å². The maximum atomic E-state index is 5.32. The summed E-state index contributed by atoms with van der Waals surface area (Å²) in [5.74, 6) is 7.02. The van der Waals surface area contributed by atoms with Gasteiger partial charge in [-0.1, -0.05) is 20.3 Å². The van der Waals surface area contributed by atoms with E-state index in [1.165, 1.54) is 0 Å². The molecule has 1 unspecified atom stereocenters. The summed E-state index contributed by atoms with van der Waals surface area (Å²) in [6.07, 6.45) is 2.82. The molecule has 0 bridgehead atoms. The topological polar surface area (TPSA) is 105 Å². The van der Waals surface area contributed by atoms with Crippen LogP contribution in [0.4, 0.5) is 11.8 Å². The number of hydrazine groups is 1. The average molecular weight is 235 g/mol. The Balaban J connectivity index is 2.27. The van der Waals surface area contributed by atoms with Crippen LogP contribution in [0.1, 0.15) is 20.3 Å². The molecule has 17 heavy (non-hydrogen) atoms. The quantitative estimate of drug-likeness (QED) is 0.457. The lowest BCUT2D eigenvalue weighted by atomic mass is 10.1. The molecular formula is C10H17N7. The monoisotopic (exact) mass is 235 g/mol. The van der Waals surface area contributed by atoms with Crippen molar-refractivity contribution < 1.29 is 0 Å². The minimum absolute atomic E-state index is 0.369. The summed E-state index contributed by atoms with van der Waals surface area (Å²) in [4.78, 5) is 8.44. The van der Waals surface area contributed by atoms with Crippen LogP contribution in [0.2, 0.25) is 0 Å². The van der Waals surface area contributed by atoms with Gasteiger partial charge in [0, 0.05) is 6.54 Å². The van der Waals surface area contributed by atoms with Gasteiger partial charge in [0.2, 0.25) is 5.95 Å². The Hall–Kier alpha value is -1.89. The molecule has 7 nitrogen and oxygen atoms in total. The lowest BCUT2D eigenvalue weighted by Crippen LogP contribution is -2.15. The van der Waals surface area contributed by atoms with Crippen LogP contribution in [0.15, 0.2) is 6.20 Å². The van der Waals surface area contributed by atoms with E-state index < -0.39 is 0 Å². The van der Waals surface area contributed by atoms with Crippen molar-refractivity contribution in [3.63, 3.8) is 0 Å². The van der Waals surface area contributed by atoms with E-state index in [2.05, 4.69) is 44.8 Å². The molecule has 0 radical (unpaired) electrons. The fourth-order valence-corrected chi connectivity index (χ4v) is 1.45. The summed E-state index contributed by atoms with van der Waals surface area (Å²) in [5, 5.41) is 10.9. The van der Waals surface area contributed by atoms with Gasteiger partial charge in [-0.2, -0.15) is 15.1 Å². The first-order valence-electron chi connectivity index (χ1n) is 5.66. The standard InChI is InChI=1S/C10H17N7/c1-3-6(2)4-12-8-7-5-13-17-9(7)15-10(14-8)16-11/h5-6H,3-4,11H2,1-2H3,(H3,12,13,14,15,16,17). The third-order valence-electron chi connectivity index (χ3n) is 2.75. The number of anilines is 2. The van der Waals surface area contributed by atoms with Crippen LogP contribution >= 0.6 is 0 Å². The number of fused-ring (bicyclic) bond motifs is 1. The zero-order valence-electron chi connectivity index (χ0n) is 9.99. The van der Waals surface area contributed by atoms with Gasteiger partial charge in [-0.25, -0.2) is 5.84 Å². The van der Waals surface area contributed by atoms with Crippen molar-refractivity contribution in [1.82, 2.24) is 20.2 Å². The number of aromatic amines is 1. The van der Waals surface area contributed by atoms with Crippen molar-refractivity contribution >= 4 is 22.8 Å². The van der Waals surface area contributed by atoms with Crippen LogP contribution in [-0.4, -0.2) is 26.7 Å². The van der Waals surface area contributed by atoms with Crippen LogP contribution in [0.5, 0.6) is 0 Å². The van der Waals surface area contributed by atoms with Gasteiger partial charge in [-0.05, 0) is 5.92 Å². The zero-order valence-corrected chi connectivity index (χ0v) is 9.99. The van der Waals surface area contributed by atoms with Crippen molar-refractivity contribution in [2.75, 3.05) is 17.3 Å². The Bertz CT molecular complexity index is 492. The molecule has 2 heterocycles. The van der Waals surface area contributed by atoms with E-state index in [4.69, 9.17) is 5.84 Å². The molecule has 2 aromatic rings. The number of H-pyrrole nitrogens is 1. The molecule has 0 aromatic carbocycles. The van der Waals surface area contributed by atoms with E-state index >= 15 is 0 Å². The summed E-state index contributed by atoms with van der Waals surface area (Å²) in [6, 6.07) is 0. The summed E-state index contributed by atoms with van der Waals surface area (Å²) < 4.78 is 0. The molecule has 0 aliphatic rings. The fraction of sp³-hybridized carbons (Fsp3) is 0.500. The minimum Gasteiger partial charge on any atom is -0.369 e. The Kier molecular flexibility index (Phi) is 3.38. The van der Waals surface area contributed by atoms with Gasteiger partial charge in [0.15, 0.2) is 5.65 Å². The molecule has 1 atom stereocenters. The van der Waals surface area contributed by atoms with Gasteiger partial charge in [-0.3, -0.25) is 10.5 Å². The van der Waals surface area contributed by atoms with E-state index in [1.54, 1.807) is 6.20 Å². The Morgan fingerprint density at radius 1 is 1.47 bits per heavy atom. The normalized spacial score (nSPS) is 12.6. The largest absolute Gasteiger partial charge is 0.369 e. The van der Waals surface area contributed by atoms with Crippen LogP contribution in [0.25, 0.3) is 11.0 Å². The minimum atomic E-state index is 0.369. The molecule has 0 spiro atoms. The average Bonchev–Trinajstić information content (AvgIpc) is 2.83. The first-order valence-corrected chi connectivity index (χ1v) is 5.66. The number of rotatable bonds is 5. The van der Waals surface area contributed by atoms with Gasteiger partial charge in [0.05, 0.1) is 11.6 Å². The number of nitrogen functional groups attached to an aromatic ring is 1. The van der Waals surface area contributed by atoms with Crippen molar-refractivity contribution in [1.29, 1.82) is 0 Å². The van der Waals surface area contributed by atoms with E-state index in [9.17, 15) is 0 Å². The van der Waals surface area contributed by atoms with Crippen molar-refractivity contribution in [3.8, 4) is 0 Å². The molecule has 0 fully saturated rings. The van der Waals surface area contributed by atoms with Gasteiger partial charge in [-0.15, -0.1) is 0 Å². The van der Waals surface area contributed by atoms with Gasteiger partial charge >= 0.3 is 0 Å². The van der Waals surface area contributed by atoms with Crippen LogP contribution in [0.3, 0.4) is 0 Å². The molecule has 0 saturated heterocycles. The predicted molar refractivity (Wildman–Crippen MR) is 67.4 cm³/mol. The van der Waals surface area contributed by atoms with Crippen molar-refractivity contribution in [3.05, 3.63) is 6.20 Å². The van der Waals surface area contributed by atoms with Crippen molar-refractivity contribution in [2.24, 2.45) is 11.8 Å². The van der Waals surface area contributed by atoms with E-state index in [1.807, 2.05) is 0 Å². The second-order valence-electron chi connectivity index (χ2n) is 4.07. The molecule has 7 heteroatoms. The molecule has 0 amide bonds. The molecule has 0 saturated carbocycles. The number of nitrogens with two attached hydrogens (primary N) is 1. The van der Waals surface area contributed by atoms with Crippen LogP contribution in [0, 0.1) is 5.92 Å². The first-order chi connectivity index (χ1) is 8.24. The Morgan fingerprint density at radius 2 is 2.29 bits per heavy atom. The van der Waals surface area contributed by atoms with Crippen LogP contribution < -0.4 is 16.6 Å². The fourth-order valence-electron chi connectivity index (χ4n) is 1.45. The number of aromatic nitrogens is 4. The Morgan fingerprint density at radius 3 is 3.00 bits per heavy atom. The smallest absolute Gasteiger partial charge is 0.241 e. The van der Waals surface area contributed by atoms with Gasteiger partial charge in [0.25, 0.3) is 0 Å². The van der Waals surface area contributed by atoms with Gasteiger partial charge in [0.1, 0.15) is 5.82 Å². The maximum absolute atomic E-state index is 5.32. The first kappa shape index (κ1) is 11.6. The highest BCUT2D eigenvalue weighted by Crippen LogP contribution is 2.19. The lowest BCUT2D eigenvalue weighted by Gasteiger charge is -2.11. The van der Waals surface area contributed by atoms with E-state index in [0.717, 1.165) is 24.2 Å². The molecule has 2 rings (SSSR count). The zero-order chi connectivity index (χ0) is 12.3. The summed E-state index contributed by atoms with van der Waals surface area (Å²) in [7, 11) is 0. The SMILES string of the molecule is CCC(C)CNc1nc(NN)nc2[nH]ncc12. The second kappa shape index (κ2) is 4.96. The maximum Gasteiger partial charge on any atom is 0.241 e. The molecule has 5 N–H and O–H groups in total. The molecule has 0 aliphatic carbocycles. The lowest BCUT2D eigenvalue weighted by molar-refractivity contribution is 0.593. The number of nitrogens with zero attached hydrogens (tertiary/aromatic N) is 3. The van der Waals surface area contributed by atoms with Crippen molar-refractivity contribution in [2.45, 2.75) is 20.3 Å². The van der Waals surface area contributed by atoms with Gasteiger partial charge < -0.3 is 5.32 Å². The summed E-state index contributed by atoms with van der Waals surface area (Å²) in [5.41, 5.74) is 3.11. The highest BCUT2D eigenvalue weighted by Gasteiger charge is 2.09. The predicted octanol–water partition coefficient (Wildman–Crippen LogP) is 1.10.